The maximum atomic E-state index is 13.2. The van der Waals surface area contributed by atoms with Crippen LogP contribution >= 0.6 is 0 Å². The first-order chi connectivity index (χ1) is 14.8. The monoisotopic (exact) mass is 426 g/mol. The van der Waals surface area contributed by atoms with Crippen molar-refractivity contribution in [1.82, 2.24) is 20.6 Å². The standard InChI is InChI=1S/C22H23FN4O4/c1-5-31-18-11-6-15(12-19(18)30-4)21(28)24-25-22(29)20-13(2)26-27(14(20)3)17-9-7-16(23)8-10-17/h6-12H,5H2,1-4H3,(H,24,28)(H,25,29). The average molecular weight is 426 g/mol. The van der Waals surface area contributed by atoms with Crippen LogP contribution in [0.1, 0.15) is 39.0 Å². The summed E-state index contributed by atoms with van der Waals surface area (Å²) >= 11 is 0. The lowest BCUT2D eigenvalue weighted by molar-refractivity contribution is 0.0845. The number of aryl methyl sites for hydroxylation is 1. The zero-order valence-electron chi connectivity index (χ0n) is 17.7. The fourth-order valence-corrected chi connectivity index (χ4v) is 3.14. The van der Waals surface area contributed by atoms with Crippen molar-refractivity contribution >= 4 is 11.8 Å². The molecule has 3 rings (SSSR count). The van der Waals surface area contributed by atoms with Crippen LogP contribution < -0.4 is 20.3 Å². The molecule has 3 aromatic rings. The first-order valence-electron chi connectivity index (χ1n) is 9.59. The Bertz CT molecular complexity index is 1110. The Labute approximate surface area is 178 Å². The van der Waals surface area contributed by atoms with Crippen LogP contribution in [0.2, 0.25) is 0 Å². The van der Waals surface area contributed by atoms with Crippen molar-refractivity contribution in [3.63, 3.8) is 0 Å². The van der Waals surface area contributed by atoms with E-state index in [1.54, 1.807) is 42.8 Å². The van der Waals surface area contributed by atoms with E-state index in [2.05, 4.69) is 16.0 Å². The molecule has 0 saturated carbocycles. The van der Waals surface area contributed by atoms with Gasteiger partial charge in [0.1, 0.15) is 5.82 Å². The molecule has 0 bridgehead atoms. The van der Waals surface area contributed by atoms with E-state index in [0.29, 0.717) is 40.7 Å². The predicted molar refractivity (Wildman–Crippen MR) is 112 cm³/mol. The second-order valence-electron chi connectivity index (χ2n) is 6.64. The molecule has 0 saturated heterocycles. The lowest BCUT2D eigenvalue weighted by Gasteiger charge is -2.12. The number of amides is 2. The highest BCUT2D eigenvalue weighted by Gasteiger charge is 2.20. The number of ether oxygens (including phenoxy) is 2. The van der Waals surface area contributed by atoms with Gasteiger partial charge in [-0.1, -0.05) is 0 Å². The molecule has 9 heteroatoms. The summed E-state index contributed by atoms with van der Waals surface area (Å²) in [5.41, 5.74) is 7.04. The number of benzene rings is 2. The van der Waals surface area contributed by atoms with E-state index in [-0.39, 0.29) is 11.4 Å². The van der Waals surface area contributed by atoms with E-state index in [9.17, 15) is 14.0 Å². The largest absolute Gasteiger partial charge is 0.493 e. The number of nitrogens with zero attached hydrogens (tertiary/aromatic N) is 2. The van der Waals surface area contributed by atoms with Crippen LogP contribution in [0.4, 0.5) is 4.39 Å². The van der Waals surface area contributed by atoms with Crippen LogP contribution in [0.25, 0.3) is 5.69 Å². The number of carbonyl (C=O) groups excluding carboxylic acids is 2. The van der Waals surface area contributed by atoms with Crippen molar-refractivity contribution in [2.24, 2.45) is 0 Å². The first kappa shape index (κ1) is 21.8. The van der Waals surface area contributed by atoms with Crippen LogP contribution in [0.15, 0.2) is 42.5 Å². The van der Waals surface area contributed by atoms with Gasteiger partial charge in [0, 0.05) is 5.56 Å². The van der Waals surface area contributed by atoms with Gasteiger partial charge in [-0.25, -0.2) is 9.07 Å². The molecule has 8 nitrogen and oxygen atoms in total. The Morgan fingerprint density at radius 1 is 1.03 bits per heavy atom. The maximum absolute atomic E-state index is 13.2. The van der Waals surface area contributed by atoms with E-state index in [1.807, 2.05) is 6.92 Å². The third-order valence-corrected chi connectivity index (χ3v) is 4.60. The van der Waals surface area contributed by atoms with Crippen LogP contribution in [0.5, 0.6) is 11.5 Å². The summed E-state index contributed by atoms with van der Waals surface area (Å²) in [5.74, 6) is -0.472. The van der Waals surface area contributed by atoms with Crippen LogP contribution in [0, 0.1) is 19.7 Å². The topological polar surface area (TPSA) is 94.5 Å². The molecule has 0 aliphatic carbocycles. The van der Waals surface area contributed by atoms with Crippen molar-refractivity contribution in [2.45, 2.75) is 20.8 Å². The molecule has 1 heterocycles. The lowest BCUT2D eigenvalue weighted by Crippen LogP contribution is -2.42. The van der Waals surface area contributed by atoms with E-state index < -0.39 is 11.8 Å². The molecule has 0 atom stereocenters. The van der Waals surface area contributed by atoms with Crippen molar-refractivity contribution in [1.29, 1.82) is 0 Å². The van der Waals surface area contributed by atoms with Gasteiger partial charge in [0.05, 0.1) is 36.4 Å². The molecular formula is C22H23FN4O4. The number of halogens is 1. The van der Waals surface area contributed by atoms with Gasteiger partial charge in [0.2, 0.25) is 0 Å². The maximum Gasteiger partial charge on any atom is 0.273 e. The van der Waals surface area contributed by atoms with Gasteiger partial charge in [-0.05, 0) is 63.2 Å². The van der Waals surface area contributed by atoms with E-state index >= 15 is 0 Å². The molecule has 31 heavy (non-hydrogen) atoms. The van der Waals surface area contributed by atoms with Gasteiger partial charge >= 0.3 is 0 Å². The minimum atomic E-state index is -0.519. The number of rotatable bonds is 6. The van der Waals surface area contributed by atoms with Gasteiger partial charge in [-0.3, -0.25) is 20.4 Å². The normalized spacial score (nSPS) is 10.5. The van der Waals surface area contributed by atoms with Crippen molar-refractivity contribution < 1.29 is 23.5 Å². The molecule has 2 aromatic carbocycles. The molecule has 0 aliphatic rings. The Morgan fingerprint density at radius 3 is 2.35 bits per heavy atom. The summed E-state index contributed by atoms with van der Waals surface area (Å²) in [5, 5.41) is 4.36. The van der Waals surface area contributed by atoms with Gasteiger partial charge < -0.3 is 9.47 Å². The number of hydrogen-bond acceptors (Lipinski definition) is 5. The zero-order valence-corrected chi connectivity index (χ0v) is 17.7. The molecule has 2 amide bonds. The smallest absolute Gasteiger partial charge is 0.273 e. The molecule has 2 N–H and O–H groups in total. The van der Waals surface area contributed by atoms with Gasteiger partial charge in [0.15, 0.2) is 11.5 Å². The van der Waals surface area contributed by atoms with Crippen LogP contribution in [0.3, 0.4) is 0 Å². The molecular weight excluding hydrogens is 403 g/mol. The van der Waals surface area contributed by atoms with Gasteiger partial charge in [0.25, 0.3) is 11.8 Å². The molecule has 1 aromatic heterocycles. The summed E-state index contributed by atoms with van der Waals surface area (Å²) in [6.07, 6.45) is 0. The summed E-state index contributed by atoms with van der Waals surface area (Å²) < 4.78 is 25.4. The van der Waals surface area contributed by atoms with Crippen molar-refractivity contribution in [3.8, 4) is 17.2 Å². The molecule has 0 aliphatic heterocycles. The molecule has 0 fully saturated rings. The second kappa shape index (κ2) is 9.29. The molecule has 0 radical (unpaired) electrons. The Hall–Kier alpha value is -3.88. The minimum Gasteiger partial charge on any atom is -0.493 e. The summed E-state index contributed by atoms with van der Waals surface area (Å²) in [6, 6.07) is 10.5. The Morgan fingerprint density at radius 2 is 1.71 bits per heavy atom. The molecule has 0 unspecified atom stereocenters. The van der Waals surface area contributed by atoms with Crippen molar-refractivity contribution in [2.75, 3.05) is 13.7 Å². The SMILES string of the molecule is CCOc1ccc(C(=O)NNC(=O)c2c(C)nn(-c3ccc(F)cc3)c2C)cc1OC. The molecule has 0 spiro atoms. The van der Waals surface area contributed by atoms with E-state index in [0.717, 1.165) is 0 Å². The van der Waals surface area contributed by atoms with Crippen LogP contribution in [-0.4, -0.2) is 35.3 Å². The Balaban J connectivity index is 1.74. The highest BCUT2D eigenvalue weighted by Crippen LogP contribution is 2.28. The van der Waals surface area contributed by atoms with E-state index in [1.165, 1.54) is 25.3 Å². The number of carbonyl (C=O) groups is 2. The third-order valence-electron chi connectivity index (χ3n) is 4.60. The number of aromatic nitrogens is 2. The number of hydrazine groups is 1. The number of hydrogen-bond donors (Lipinski definition) is 2. The van der Waals surface area contributed by atoms with Gasteiger partial charge in [-0.15, -0.1) is 0 Å². The summed E-state index contributed by atoms with van der Waals surface area (Å²) in [6.45, 7) is 5.71. The molecule has 162 valence electrons. The predicted octanol–water partition coefficient (Wildman–Crippen LogP) is 3.11. The lowest BCUT2D eigenvalue weighted by atomic mass is 10.2. The zero-order chi connectivity index (χ0) is 22.5. The summed E-state index contributed by atoms with van der Waals surface area (Å²) in [7, 11) is 1.48. The number of methoxy groups -OCH3 is 1. The summed E-state index contributed by atoms with van der Waals surface area (Å²) in [4.78, 5) is 25.2. The third kappa shape index (κ3) is 4.66. The van der Waals surface area contributed by atoms with Crippen LogP contribution in [-0.2, 0) is 0 Å². The highest BCUT2D eigenvalue weighted by molar-refractivity contribution is 6.00. The number of nitrogens with one attached hydrogen (secondary N) is 2. The quantitative estimate of drug-likeness (QED) is 0.591. The second-order valence-corrected chi connectivity index (χ2v) is 6.64. The highest BCUT2D eigenvalue weighted by atomic mass is 19.1. The Kier molecular flexibility index (Phi) is 6.54. The minimum absolute atomic E-state index is 0.288. The first-order valence-corrected chi connectivity index (χ1v) is 9.59. The van der Waals surface area contributed by atoms with Crippen molar-refractivity contribution in [3.05, 3.63) is 70.8 Å². The fraction of sp³-hybridized carbons (Fsp3) is 0.227. The van der Waals surface area contributed by atoms with E-state index in [4.69, 9.17) is 9.47 Å². The van der Waals surface area contributed by atoms with Gasteiger partial charge in [-0.2, -0.15) is 5.10 Å². The fourth-order valence-electron chi connectivity index (χ4n) is 3.14. The average Bonchev–Trinajstić information content (AvgIpc) is 3.06.